The van der Waals surface area contributed by atoms with Crippen molar-refractivity contribution >= 4 is 12.3 Å². The molecule has 0 spiro atoms. The molecule has 9 nitrogen and oxygen atoms in total. The van der Waals surface area contributed by atoms with Gasteiger partial charge in [-0.1, -0.05) is 0 Å². The summed E-state index contributed by atoms with van der Waals surface area (Å²) in [6.45, 7) is 0.182. The van der Waals surface area contributed by atoms with E-state index in [9.17, 15) is 19.8 Å². The van der Waals surface area contributed by atoms with Crippen molar-refractivity contribution in [3.05, 3.63) is 0 Å². The average molecular weight is 319 g/mol. The minimum atomic E-state index is -1.09. The van der Waals surface area contributed by atoms with Crippen molar-refractivity contribution in [3.8, 4) is 0 Å². The van der Waals surface area contributed by atoms with Crippen molar-refractivity contribution in [3.63, 3.8) is 0 Å². The number of rotatable bonds is 10. The van der Waals surface area contributed by atoms with Crippen molar-refractivity contribution in [1.29, 1.82) is 0 Å². The maximum Gasteiger partial charge on any atom is 0.317 e. The summed E-state index contributed by atoms with van der Waals surface area (Å²) < 4.78 is 0. The number of hydrogen-bond acceptors (Lipinski definition) is 8. The molecule has 0 heterocycles. The van der Waals surface area contributed by atoms with Gasteiger partial charge in [-0.2, -0.15) is 0 Å². The van der Waals surface area contributed by atoms with E-state index >= 15 is 0 Å². The van der Waals surface area contributed by atoms with E-state index < -0.39 is 30.3 Å². The van der Waals surface area contributed by atoms with E-state index in [1.165, 1.54) is 0 Å². The Bertz CT molecular complexity index is 357. The molecule has 5 atom stereocenters. The van der Waals surface area contributed by atoms with Gasteiger partial charge in [0.1, 0.15) is 6.29 Å². The first-order chi connectivity index (χ1) is 10.5. The van der Waals surface area contributed by atoms with Crippen LogP contribution in [0.15, 0.2) is 0 Å². The summed E-state index contributed by atoms with van der Waals surface area (Å²) in [5, 5.41) is 46.7. The van der Waals surface area contributed by atoms with Crippen molar-refractivity contribution in [2.24, 2.45) is 0 Å². The minimum Gasteiger partial charge on any atom is -0.480 e. The van der Waals surface area contributed by atoms with Crippen molar-refractivity contribution in [2.45, 2.75) is 43.2 Å². The molecule has 1 fully saturated rings. The second-order valence-electron chi connectivity index (χ2n) is 5.34. The third-order valence-electron chi connectivity index (χ3n) is 3.76. The van der Waals surface area contributed by atoms with Gasteiger partial charge in [0, 0.05) is 18.7 Å². The van der Waals surface area contributed by atoms with Gasteiger partial charge in [-0.25, -0.2) is 0 Å². The molecule has 0 radical (unpaired) electrons. The lowest BCUT2D eigenvalue weighted by atomic mass is 9.82. The monoisotopic (exact) mass is 319 g/mol. The summed E-state index contributed by atoms with van der Waals surface area (Å²) in [5.41, 5.74) is 0. The number of hydrogen-bond donors (Lipinski definition) is 7. The summed E-state index contributed by atoms with van der Waals surface area (Å²) in [4.78, 5) is 21.1. The SMILES string of the molecule is O=CCNC1CC(NCCCO)C(O)C(NCC(=O)O)C1O. The molecule has 128 valence electrons. The number of aliphatic hydroxyl groups excluding tert-OH is 3. The van der Waals surface area contributed by atoms with Crippen LogP contribution in [0, 0.1) is 0 Å². The van der Waals surface area contributed by atoms with Gasteiger partial charge >= 0.3 is 5.97 Å². The normalized spacial score (nSPS) is 31.9. The Morgan fingerprint density at radius 1 is 1.14 bits per heavy atom. The van der Waals surface area contributed by atoms with Gasteiger partial charge in [-0.15, -0.1) is 0 Å². The highest BCUT2D eigenvalue weighted by atomic mass is 16.4. The molecule has 0 saturated heterocycles. The number of carbonyl (C=O) groups excluding carboxylic acids is 1. The summed E-state index contributed by atoms with van der Waals surface area (Å²) in [6.07, 6.45) is -0.434. The molecule has 1 aliphatic rings. The summed E-state index contributed by atoms with van der Waals surface area (Å²) >= 11 is 0. The van der Waals surface area contributed by atoms with Gasteiger partial charge in [0.25, 0.3) is 0 Å². The van der Waals surface area contributed by atoms with Crippen LogP contribution in [0.3, 0.4) is 0 Å². The zero-order valence-corrected chi connectivity index (χ0v) is 12.3. The molecule has 22 heavy (non-hydrogen) atoms. The smallest absolute Gasteiger partial charge is 0.317 e. The first-order valence-electron chi connectivity index (χ1n) is 7.33. The van der Waals surface area contributed by atoms with E-state index in [0.717, 1.165) is 0 Å². The molecule has 0 aliphatic heterocycles. The predicted molar refractivity (Wildman–Crippen MR) is 77.4 cm³/mol. The molecule has 0 aromatic carbocycles. The fraction of sp³-hybridized carbons (Fsp3) is 0.846. The fourth-order valence-electron chi connectivity index (χ4n) is 2.68. The number of carboxylic acid groups (broad SMARTS) is 1. The van der Waals surface area contributed by atoms with Crippen LogP contribution in [0.25, 0.3) is 0 Å². The Labute approximate surface area is 128 Å². The summed E-state index contributed by atoms with van der Waals surface area (Å²) in [7, 11) is 0. The number of nitrogens with one attached hydrogen (secondary N) is 3. The van der Waals surface area contributed by atoms with E-state index in [2.05, 4.69) is 16.0 Å². The van der Waals surface area contributed by atoms with Crippen LogP contribution in [-0.4, -0.2) is 89.3 Å². The average Bonchev–Trinajstić information content (AvgIpc) is 2.48. The molecular formula is C13H25N3O6. The van der Waals surface area contributed by atoms with E-state index in [4.69, 9.17) is 10.2 Å². The molecule has 5 unspecified atom stereocenters. The minimum absolute atomic E-state index is 0.0198. The zero-order chi connectivity index (χ0) is 16.5. The Hall–Kier alpha value is -1.10. The molecule has 7 N–H and O–H groups in total. The number of aliphatic hydroxyl groups is 3. The Morgan fingerprint density at radius 3 is 2.32 bits per heavy atom. The number of carboxylic acids is 1. The summed E-state index contributed by atoms with van der Waals surface area (Å²) in [6, 6.07) is -1.67. The topological polar surface area (TPSA) is 151 Å². The molecule has 9 heteroatoms. The second kappa shape index (κ2) is 9.82. The van der Waals surface area contributed by atoms with E-state index in [0.29, 0.717) is 25.7 Å². The maximum absolute atomic E-state index is 10.7. The Morgan fingerprint density at radius 2 is 1.77 bits per heavy atom. The van der Waals surface area contributed by atoms with Gasteiger partial charge in [-0.3, -0.25) is 10.1 Å². The van der Waals surface area contributed by atoms with Crippen LogP contribution in [0.2, 0.25) is 0 Å². The number of aldehydes is 1. The van der Waals surface area contributed by atoms with E-state index in [1.54, 1.807) is 0 Å². The van der Waals surface area contributed by atoms with Crippen LogP contribution < -0.4 is 16.0 Å². The Kier molecular flexibility index (Phi) is 8.46. The van der Waals surface area contributed by atoms with Gasteiger partial charge in [0.2, 0.25) is 0 Å². The first kappa shape index (κ1) is 18.9. The van der Waals surface area contributed by atoms with Gasteiger partial charge in [-0.05, 0) is 19.4 Å². The van der Waals surface area contributed by atoms with Crippen LogP contribution in [0.5, 0.6) is 0 Å². The largest absolute Gasteiger partial charge is 0.480 e. The zero-order valence-electron chi connectivity index (χ0n) is 12.3. The molecule has 0 bridgehead atoms. The maximum atomic E-state index is 10.7. The van der Waals surface area contributed by atoms with Crippen LogP contribution in [0.1, 0.15) is 12.8 Å². The number of carbonyl (C=O) groups is 2. The third-order valence-corrected chi connectivity index (χ3v) is 3.76. The Balaban J connectivity index is 2.71. The van der Waals surface area contributed by atoms with Crippen molar-refractivity contribution < 1.29 is 30.0 Å². The highest BCUT2D eigenvalue weighted by Crippen LogP contribution is 2.21. The molecule has 0 aromatic heterocycles. The molecule has 0 amide bonds. The lowest BCUT2D eigenvalue weighted by Gasteiger charge is -2.43. The van der Waals surface area contributed by atoms with E-state index in [-0.39, 0.29) is 25.7 Å². The quantitative estimate of drug-likeness (QED) is 0.162. The lowest BCUT2D eigenvalue weighted by Crippen LogP contribution is -2.67. The van der Waals surface area contributed by atoms with Gasteiger partial charge in [0.05, 0.1) is 31.3 Å². The molecular weight excluding hydrogens is 294 g/mol. The van der Waals surface area contributed by atoms with E-state index in [1.807, 2.05) is 0 Å². The van der Waals surface area contributed by atoms with Crippen LogP contribution >= 0.6 is 0 Å². The highest BCUT2D eigenvalue weighted by Gasteiger charge is 2.42. The predicted octanol–water partition coefficient (Wildman–Crippen LogP) is -3.35. The van der Waals surface area contributed by atoms with Crippen LogP contribution in [-0.2, 0) is 9.59 Å². The third kappa shape index (κ3) is 5.59. The van der Waals surface area contributed by atoms with Crippen LogP contribution in [0.4, 0.5) is 0 Å². The standard InChI is InChI=1S/C13H25N3O6/c17-4-1-2-14-8-6-9(15-3-5-18)13(22)11(12(8)21)16-7-10(19)20/h5,8-9,11-17,21-22H,1-4,6-7H2,(H,19,20). The second-order valence-corrected chi connectivity index (χ2v) is 5.34. The molecule has 1 saturated carbocycles. The number of aliphatic carboxylic acids is 1. The molecule has 0 aromatic rings. The summed E-state index contributed by atoms with van der Waals surface area (Å²) in [5.74, 6) is -1.09. The first-order valence-corrected chi connectivity index (χ1v) is 7.33. The molecule has 1 aliphatic carbocycles. The van der Waals surface area contributed by atoms with Gasteiger partial charge < -0.3 is 35.9 Å². The molecule has 1 rings (SSSR count). The van der Waals surface area contributed by atoms with Crippen molar-refractivity contribution in [1.82, 2.24) is 16.0 Å². The lowest BCUT2D eigenvalue weighted by molar-refractivity contribution is -0.136. The van der Waals surface area contributed by atoms with Crippen molar-refractivity contribution in [2.75, 3.05) is 26.2 Å². The van der Waals surface area contributed by atoms with Gasteiger partial charge in [0.15, 0.2) is 0 Å². The fourth-order valence-corrected chi connectivity index (χ4v) is 2.68. The highest BCUT2D eigenvalue weighted by molar-refractivity contribution is 5.69.